The molecular formula is C14H19BrF3N. The van der Waals surface area contributed by atoms with Crippen LogP contribution in [0.5, 0.6) is 0 Å². The summed E-state index contributed by atoms with van der Waals surface area (Å²) in [7, 11) is 0. The molecule has 1 aromatic rings. The summed E-state index contributed by atoms with van der Waals surface area (Å²) in [4.78, 5) is 0. The van der Waals surface area contributed by atoms with E-state index in [1.807, 2.05) is 32.0 Å². The molecule has 0 saturated heterocycles. The lowest BCUT2D eigenvalue weighted by Crippen LogP contribution is -2.24. The Bertz CT molecular complexity index is 404. The Labute approximate surface area is 120 Å². The van der Waals surface area contributed by atoms with Crippen molar-refractivity contribution in [1.29, 1.82) is 0 Å². The Hall–Kier alpha value is -0.550. The van der Waals surface area contributed by atoms with Crippen LogP contribution in [0.2, 0.25) is 0 Å². The highest BCUT2D eigenvalue weighted by Gasteiger charge is 2.28. The molecule has 0 aliphatic carbocycles. The van der Waals surface area contributed by atoms with Crippen LogP contribution in [0, 0.1) is 6.92 Å². The first kappa shape index (κ1) is 16.5. The summed E-state index contributed by atoms with van der Waals surface area (Å²) < 4.78 is 38.0. The van der Waals surface area contributed by atoms with E-state index in [0.29, 0.717) is 6.54 Å². The molecule has 0 aliphatic heterocycles. The number of hydrogen-bond acceptors (Lipinski definition) is 1. The lowest BCUT2D eigenvalue weighted by Gasteiger charge is -2.20. The van der Waals surface area contributed by atoms with E-state index in [1.54, 1.807) is 0 Å². The molecule has 1 nitrogen and oxygen atoms in total. The van der Waals surface area contributed by atoms with Gasteiger partial charge in [0.15, 0.2) is 0 Å². The van der Waals surface area contributed by atoms with E-state index in [0.717, 1.165) is 22.0 Å². The van der Waals surface area contributed by atoms with Gasteiger partial charge >= 0.3 is 6.18 Å². The minimum absolute atomic E-state index is 0.0685. The van der Waals surface area contributed by atoms with Crippen molar-refractivity contribution >= 4 is 15.9 Å². The number of nitrogens with one attached hydrogen (secondary N) is 1. The minimum atomic E-state index is -4.10. The van der Waals surface area contributed by atoms with Crippen LogP contribution < -0.4 is 5.32 Å². The molecule has 1 aromatic carbocycles. The summed E-state index contributed by atoms with van der Waals surface area (Å²) in [6.45, 7) is 4.67. The zero-order chi connectivity index (χ0) is 14.5. The van der Waals surface area contributed by atoms with Crippen LogP contribution >= 0.6 is 15.9 Å². The Morgan fingerprint density at radius 1 is 1.32 bits per heavy atom. The zero-order valence-corrected chi connectivity index (χ0v) is 12.7. The van der Waals surface area contributed by atoms with Gasteiger partial charge in [0.25, 0.3) is 0 Å². The molecule has 0 aromatic heterocycles. The van der Waals surface area contributed by atoms with Crippen molar-refractivity contribution in [1.82, 2.24) is 5.32 Å². The van der Waals surface area contributed by atoms with Crippen LogP contribution in [0.4, 0.5) is 13.2 Å². The number of aryl methyl sites for hydroxylation is 1. The number of hydrogen-bond donors (Lipinski definition) is 1. The normalized spacial score (nSPS) is 13.6. The van der Waals surface area contributed by atoms with Crippen LogP contribution in [0.1, 0.15) is 43.4 Å². The molecule has 0 fully saturated rings. The fourth-order valence-corrected chi connectivity index (χ4v) is 2.24. The Balaban J connectivity index is 2.79. The van der Waals surface area contributed by atoms with Crippen molar-refractivity contribution in [3.63, 3.8) is 0 Å². The smallest absolute Gasteiger partial charge is 0.310 e. The molecule has 1 unspecified atom stereocenters. The molecule has 1 atom stereocenters. The highest BCUT2D eigenvalue weighted by atomic mass is 79.9. The number of halogens is 4. The maximum Gasteiger partial charge on any atom is 0.389 e. The molecule has 1 N–H and O–H groups in total. The van der Waals surface area contributed by atoms with E-state index in [4.69, 9.17) is 0 Å². The number of rotatable bonds is 6. The van der Waals surface area contributed by atoms with Crippen LogP contribution in [0.3, 0.4) is 0 Å². The SMILES string of the molecule is CCCNC(CCC(F)(F)F)c1ccc(C)c(Br)c1. The molecule has 0 amide bonds. The predicted octanol–water partition coefficient (Wildman–Crippen LogP) is 5.14. The van der Waals surface area contributed by atoms with E-state index >= 15 is 0 Å². The third-order valence-electron chi connectivity index (χ3n) is 2.96. The number of benzene rings is 1. The molecule has 108 valence electrons. The fraction of sp³-hybridized carbons (Fsp3) is 0.571. The first-order valence-electron chi connectivity index (χ1n) is 6.39. The Morgan fingerprint density at radius 2 is 2.00 bits per heavy atom. The first-order chi connectivity index (χ1) is 8.83. The Kier molecular flexibility index (Phi) is 6.33. The van der Waals surface area contributed by atoms with Crippen LogP contribution in [0.15, 0.2) is 22.7 Å². The summed E-state index contributed by atoms with van der Waals surface area (Å²) in [6.07, 6.45) is -3.90. The van der Waals surface area contributed by atoms with Crippen molar-refractivity contribution in [2.24, 2.45) is 0 Å². The molecule has 0 radical (unpaired) electrons. The van der Waals surface area contributed by atoms with Crippen molar-refractivity contribution in [3.8, 4) is 0 Å². The van der Waals surface area contributed by atoms with Crippen LogP contribution in [-0.4, -0.2) is 12.7 Å². The molecule has 0 bridgehead atoms. The third-order valence-corrected chi connectivity index (χ3v) is 3.81. The Morgan fingerprint density at radius 3 is 2.53 bits per heavy atom. The van der Waals surface area contributed by atoms with Gasteiger partial charge in [-0.25, -0.2) is 0 Å². The van der Waals surface area contributed by atoms with Gasteiger partial charge in [-0.2, -0.15) is 13.2 Å². The van der Waals surface area contributed by atoms with Crippen molar-refractivity contribution in [2.45, 2.75) is 45.3 Å². The molecule has 0 spiro atoms. The van der Waals surface area contributed by atoms with E-state index in [9.17, 15) is 13.2 Å². The summed E-state index contributed by atoms with van der Waals surface area (Å²) in [5.74, 6) is 0. The standard InChI is InChI=1S/C14H19BrF3N/c1-3-8-19-13(6-7-14(16,17)18)11-5-4-10(2)12(15)9-11/h4-5,9,13,19H,3,6-8H2,1-2H3. The molecule has 1 rings (SSSR count). The highest BCUT2D eigenvalue weighted by Crippen LogP contribution is 2.29. The van der Waals surface area contributed by atoms with Gasteiger partial charge in [0.1, 0.15) is 0 Å². The molecule has 0 heterocycles. The van der Waals surface area contributed by atoms with Crippen molar-refractivity contribution < 1.29 is 13.2 Å². The summed E-state index contributed by atoms with van der Waals surface area (Å²) in [5, 5.41) is 3.18. The largest absolute Gasteiger partial charge is 0.389 e. The summed E-state index contributed by atoms with van der Waals surface area (Å²) in [6, 6.07) is 5.47. The maximum atomic E-state index is 12.4. The van der Waals surface area contributed by atoms with Gasteiger partial charge in [-0.15, -0.1) is 0 Å². The van der Waals surface area contributed by atoms with Crippen LogP contribution in [-0.2, 0) is 0 Å². The average Bonchev–Trinajstić information content (AvgIpc) is 2.32. The fourth-order valence-electron chi connectivity index (χ4n) is 1.84. The van der Waals surface area contributed by atoms with Gasteiger partial charge in [-0.3, -0.25) is 0 Å². The second kappa shape index (κ2) is 7.29. The van der Waals surface area contributed by atoms with E-state index in [-0.39, 0.29) is 12.5 Å². The van der Waals surface area contributed by atoms with Gasteiger partial charge in [-0.1, -0.05) is 35.0 Å². The molecule has 0 saturated carbocycles. The third kappa shape index (κ3) is 5.95. The zero-order valence-electron chi connectivity index (χ0n) is 11.1. The average molecular weight is 338 g/mol. The lowest BCUT2D eigenvalue weighted by atomic mass is 10.0. The van der Waals surface area contributed by atoms with Gasteiger partial charge in [0.05, 0.1) is 0 Å². The van der Waals surface area contributed by atoms with Crippen molar-refractivity contribution in [2.75, 3.05) is 6.54 Å². The summed E-state index contributed by atoms with van der Waals surface area (Å²) >= 11 is 3.42. The maximum absolute atomic E-state index is 12.4. The molecule has 0 aliphatic rings. The monoisotopic (exact) mass is 337 g/mol. The van der Waals surface area contributed by atoms with Gasteiger partial charge in [0, 0.05) is 16.9 Å². The first-order valence-corrected chi connectivity index (χ1v) is 7.19. The molecular weight excluding hydrogens is 319 g/mol. The highest BCUT2D eigenvalue weighted by molar-refractivity contribution is 9.10. The number of alkyl halides is 3. The van der Waals surface area contributed by atoms with Gasteiger partial charge < -0.3 is 5.32 Å². The molecule has 5 heteroatoms. The van der Waals surface area contributed by atoms with E-state index in [2.05, 4.69) is 21.2 Å². The van der Waals surface area contributed by atoms with Crippen LogP contribution in [0.25, 0.3) is 0 Å². The van der Waals surface area contributed by atoms with E-state index in [1.165, 1.54) is 0 Å². The lowest BCUT2D eigenvalue weighted by molar-refractivity contribution is -0.136. The topological polar surface area (TPSA) is 12.0 Å². The summed E-state index contributed by atoms with van der Waals surface area (Å²) in [5.41, 5.74) is 1.98. The van der Waals surface area contributed by atoms with Crippen molar-refractivity contribution in [3.05, 3.63) is 33.8 Å². The van der Waals surface area contributed by atoms with E-state index < -0.39 is 12.6 Å². The minimum Gasteiger partial charge on any atom is -0.310 e. The van der Waals surface area contributed by atoms with Gasteiger partial charge in [0.2, 0.25) is 0 Å². The second-order valence-corrected chi connectivity index (χ2v) is 5.52. The predicted molar refractivity (Wildman–Crippen MR) is 75.2 cm³/mol. The van der Waals surface area contributed by atoms with Gasteiger partial charge in [-0.05, 0) is 43.5 Å². The quantitative estimate of drug-likeness (QED) is 0.757. The molecule has 19 heavy (non-hydrogen) atoms. The second-order valence-electron chi connectivity index (χ2n) is 4.67.